The zero-order valence-electron chi connectivity index (χ0n) is 13.2. The Morgan fingerprint density at radius 3 is 2.76 bits per heavy atom. The number of hydrogen-bond donors (Lipinski definition) is 1. The Labute approximate surface area is 142 Å². The third-order valence-corrected chi connectivity index (χ3v) is 3.95. The maximum atomic E-state index is 12.5. The van der Waals surface area contributed by atoms with E-state index in [0.29, 0.717) is 22.1 Å². The molecule has 0 saturated heterocycles. The number of fused-ring (bicyclic) bond motifs is 2. The zero-order valence-corrected chi connectivity index (χ0v) is 13.2. The molecule has 0 unspecified atom stereocenters. The van der Waals surface area contributed by atoms with Gasteiger partial charge < -0.3 is 5.32 Å². The van der Waals surface area contributed by atoms with Crippen molar-refractivity contribution >= 4 is 33.4 Å². The minimum Gasteiger partial charge on any atom is -0.323 e. The van der Waals surface area contributed by atoms with Gasteiger partial charge in [0.25, 0.3) is 5.56 Å². The average Bonchev–Trinajstić information content (AvgIpc) is 2.65. The number of para-hydroxylation sites is 2. The molecule has 4 aromatic rings. The fraction of sp³-hybridized carbons (Fsp3) is 0.0526. The average molecular weight is 330 g/mol. The predicted octanol–water partition coefficient (Wildman–Crippen LogP) is 2.58. The van der Waals surface area contributed by atoms with Crippen LogP contribution >= 0.6 is 0 Å². The highest BCUT2D eigenvalue weighted by molar-refractivity contribution is 6.00. The van der Waals surface area contributed by atoms with Crippen LogP contribution in [0.2, 0.25) is 0 Å². The molecule has 6 nitrogen and oxygen atoms in total. The molecular formula is C19H14N4O2. The Morgan fingerprint density at radius 2 is 1.84 bits per heavy atom. The molecule has 0 atom stereocenters. The minimum atomic E-state index is -0.308. The van der Waals surface area contributed by atoms with Crippen LogP contribution in [0.3, 0.4) is 0 Å². The van der Waals surface area contributed by atoms with Crippen molar-refractivity contribution in [3.63, 3.8) is 0 Å². The number of anilines is 1. The van der Waals surface area contributed by atoms with Gasteiger partial charge in [0.05, 0.1) is 28.4 Å². The highest BCUT2D eigenvalue weighted by atomic mass is 16.2. The number of amides is 1. The first-order chi connectivity index (χ1) is 12.2. The maximum Gasteiger partial charge on any atom is 0.261 e. The van der Waals surface area contributed by atoms with Crippen molar-refractivity contribution in [2.75, 3.05) is 5.32 Å². The Bertz CT molecular complexity index is 1150. The molecule has 2 heterocycles. The third-order valence-electron chi connectivity index (χ3n) is 3.95. The molecule has 25 heavy (non-hydrogen) atoms. The van der Waals surface area contributed by atoms with Crippen molar-refractivity contribution in [3.05, 3.63) is 77.5 Å². The van der Waals surface area contributed by atoms with Gasteiger partial charge >= 0.3 is 0 Å². The molecule has 0 saturated carbocycles. The first kappa shape index (κ1) is 15.0. The molecule has 2 aromatic heterocycles. The highest BCUT2D eigenvalue weighted by Crippen LogP contribution is 2.20. The van der Waals surface area contributed by atoms with Gasteiger partial charge in [-0.05, 0) is 24.3 Å². The number of carbonyl (C=O) groups is 1. The first-order valence-corrected chi connectivity index (χ1v) is 7.80. The third kappa shape index (κ3) is 2.85. The molecule has 0 radical (unpaired) electrons. The monoisotopic (exact) mass is 330 g/mol. The largest absolute Gasteiger partial charge is 0.323 e. The van der Waals surface area contributed by atoms with Crippen molar-refractivity contribution in [2.45, 2.75) is 6.54 Å². The molecule has 1 amide bonds. The van der Waals surface area contributed by atoms with Gasteiger partial charge in [0, 0.05) is 11.6 Å². The lowest BCUT2D eigenvalue weighted by Gasteiger charge is -2.09. The van der Waals surface area contributed by atoms with Crippen LogP contribution in [0.15, 0.2) is 71.9 Å². The van der Waals surface area contributed by atoms with Gasteiger partial charge in [0.1, 0.15) is 6.54 Å². The van der Waals surface area contributed by atoms with Gasteiger partial charge in [-0.2, -0.15) is 0 Å². The normalized spacial score (nSPS) is 10.9. The van der Waals surface area contributed by atoms with Crippen LogP contribution < -0.4 is 10.9 Å². The second kappa shape index (κ2) is 6.16. The summed E-state index contributed by atoms with van der Waals surface area (Å²) in [7, 11) is 0. The Balaban J connectivity index is 1.62. The van der Waals surface area contributed by atoms with Crippen molar-refractivity contribution in [2.24, 2.45) is 0 Å². The maximum absolute atomic E-state index is 12.5. The van der Waals surface area contributed by atoms with Crippen molar-refractivity contribution < 1.29 is 4.79 Å². The second-order valence-electron chi connectivity index (χ2n) is 5.62. The lowest BCUT2D eigenvalue weighted by atomic mass is 10.2. The molecule has 2 aromatic carbocycles. The van der Waals surface area contributed by atoms with E-state index in [9.17, 15) is 9.59 Å². The number of nitrogens with zero attached hydrogens (tertiary/aromatic N) is 3. The fourth-order valence-electron chi connectivity index (χ4n) is 2.77. The number of aromatic nitrogens is 3. The smallest absolute Gasteiger partial charge is 0.261 e. The van der Waals surface area contributed by atoms with Crippen molar-refractivity contribution in [1.82, 2.24) is 14.5 Å². The van der Waals surface area contributed by atoms with E-state index in [1.807, 2.05) is 30.3 Å². The minimum absolute atomic E-state index is 0.111. The SMILES string of the molecule is O=C(Cn1cnc2ccccc2c1=O)Nc1cccc2cccnc12. The molecule has 0 spiro atoms. The molecule has 0 aliphatic rings. The molecular weight excluding hydrogens is 316 g/mol. The Hall–Kier alpha value is -3.54. The zero-order chi connectivity index (χ0) is 17.2. The summed E-state index contributed by atoms with van der Waals surface area (Å²) in [4.78, 5) is 33.4. The van der Waals surface area contributed by atoms with Crippen LogP contribution in [-0.4, -0.2) is 20.4 Å². The summed E-state index contributed by atoms with van der Waals surface area (Å²) in [5, 5.41) is 4.25. The number of rotatable bonds is 3. The number of benzene rings is 2. The van der Waals surface area contributed by atoms with Crippen molar-refractivity contribution in [1.29, 1.82) is 0 Å². The van der Waals surface area contributed by atoms with E-state index in [0.717, 1.165) is 5.39 Å². The molecule has 0 aliphatic carbocycles. The van der Waals surface area contributed by atoms with Crippen LogP contribution in [0.1, 0.15) is 0 Å². The van der Waals surface area contributed by atoms with E-state index in [4.69, 9.17) is 0 Å². The Morgan fingerprint density at radius 1 is 1.00 bits per heavy atom. The van der Waals surface area contributed by atoms with Crippen LogP contribution in [-0.2, 0) is 11.3 Å². The highest BCUT2D eigenvalue weighted by Gasteiger charge is 2.10. The van der Waals surface area contributed by atoms with Crippen LogP contribution in [0, 0.1) is 0 Å². The summed E-state index contributed by atoms with van der Waals surface area (Å²) in [5.41, 5.74) is 1.70. The number of hydrogen-bond acceptors (Lipinski definition) is 4. The van der Waals surface area contributed by atoms with Gasteiger partial charge in [-0.25, -0.2) is 4.98 Å². The van der Waals surface area contributed by atoms with Crippen LogP contribution in [0.25, 0.3) is 21.8 Å². The van der Waals surface area contributed by atoms with Gasteiger partial charge in [-0.1, -0.05) is 30.3 Å². The van der Waals surface area contributed by atoms with E-state index in [1.54, 1.807) is 30.5 Å². The lowest BCUT2D eigenvalue weighted by molar-refractivity contribution is -0.116. The summed E-state index contributed by atoms with van der Waals surface area (Å²) in [6, 6.07) is 16.4. The van der Waals surface area contributed by atoms with Gasteiger partial charge in [0.15, 0.2) is 0 Å². The van der Waals surface area contributed by atoms with E-state index in [2.05, 4.69) is 15.3 Å². The van der Waals surface area contributed by atoms with Gasteiger partial charge in [-0.15, -0.1) is 0 Å². The van der Waals surface area contributed by atoms with E-state index in [-0.39, 0.29) is 18.0 Å². The summed E-state index contributed by atoms with van der Waals surface area (Å²) in [6.45, 7) is -0.111. The second-order valence-corrected chi connectivity index (χ2v) is 5.62. The number of pyridine rings is 1. The molecule has 4 rings (SSSR count). The van der Waals surface area contributed by atoms with Crippen LogP contribution in [0.5, 0.6) is 0 Å². The van der Waals surface area contributed by atoms with Crippen molar-refractivity contribution in [3.8, 4) is 0 Å². The molecule has 1 N–H and O–H groups in total. The molecule has 0 aliphatic heterocycles. The molecule has 0 bridgehead atoms. The summed E-state index contributed by atoms with van der Waals surface area (Å²) >= 11 is 0. The standard InChI is InChI=1S/C19H14N4O2/c24-17(22-16-9-3-5-13-6-4-10-20-18(13)16)11-23-12-21-15-8-2-1-7-14(15)19(23)25/h1-10,12H,11H2,(H,22,24). The van der Waals surface area contributed by atoms with Gasteiger partial charge in [0.2, 0.25) is 5.91 Å². The molecule has 6 heteroatoms. The van der Waals surface area contributed by atoms with Gasteiger partial charge in [-0.3, -0.25) is 19.1 Å². The molecule has 0 fully saturated rings. The summed E-state index contributed by atoms with van der Waals surface area (Å²) < 4.78 is 1.30. The van der Waals surface area contributed by atoms with E-state index < -0.39 is 0 Å². The Kier molecular flexibility index (Phi) is 3.70. The molecule has 122 valence electrons. The lowest BCUT2D eigenvalue weighted by Crippen LogP contribution is -2.28. The summed E-state index contributed by atoms with van der Waals surface area (Å²) in [6.07, 6.45) is 3.07. The number of carbonyl (C=O) groups excluding carboxylic acids is 1. The van der Waals surface area contributed by atoms with E-state index in [1.165, 1.54) is 10.9 Å². The fourth-order valence-corrected chi connectivity index (χ4v) is 2.77. The van der Waals surface area contributed by atoms with E-state index >= 15 is 0 Å². The first-order valence-electron chi connectivity index (χ1n) is 7.80. The summed E-state index contributed by atoms with van der Waals surface area (Å²) in [5.74, 6) is -0.308. The quantitative estimate of drug-likeness (QED) is 0.626. The number of nitrogens with one attached hydrogen (secondary N) is 1. The van der Waals surface area contributed by atoms with Crippen LogP contribution in [0.4, 0.5) is 5.69 Å². The topological polar surface area (TPSA) is 76.9 Å². The predicted molar refractivity (Wildman–Crippen MR) is 96.4 cm³/mol.